The van der Waals surface area contributed by atoms with E-state index in [1.165, 1.54) is 66.7 Å². The lowest BCUT2D eigenvalue weighted by Gasteiger charge is -2.17. The van der Waals surface area contributed by atoms with Crippen LogP contribution in [0.3, 0.4) is 0 Å². The van der Waals surface area contributed by atoms with Gasteiger partial charge >= 0.3 is 0 Å². The van der Waals surface area contributed by atoms with Crippen LogP contribution in [-0.2, 0) is 14.8 Å². The summed E-state index contributed by atoms with van der Waals surface area (Å²) in [6, 6.07) is 15.4. The maximum Gasteiger partial charge on any atom is 0.265 e. The van der Waals surface area contributed by atoms with Gasteiger partial charge in [0.2, 0.25) is 0 Å². The van der Waals surface area contributed by atoms with E-state index in [2.05, 4.69) is 10.0 Å². The van der Waals surface area contributed by atoms with Crippen molar-refractivity contribution in [2.45, 2.75) is 24.3 Å². The third-order valence-corrected chi connectivity index (χ3v) is 6.29. The zero-order valence-corrected chi connectivity index (χ0v) is 19.1. The molecule has 10 heteroatoms. The minimum atomic E-state index is -3.90. The SMILES string of the molecule is CC[C@@H](Oc1ccc(F)cc1)C(=O)Nc1ccc(S(=O)(=O)Nc2ccc(Cl)cc2Cl)cc1. The number of carbonyl (C=O) groups is 1. The second-order valence-corrected chi connectivity index (χ2v) is 9.24. The van der Waals surface area contributed by atoms with Gasteiger partial charge in [0, 0.05) is 10.7 Å². The van der Waals surface area contributed by atoms with E-state index >= 15 is 0 Å². The molecule has 3 aromatic carbocycles. The van der Waals surface area contributed by atoms with Gasteiger partial charge in [-0.15, -0.1) is 0 Å². The van der Waals surface area contributed by atoms with Crippen LogP contribution in [0.2, 0.25) is 10.0 Å². The van der Waals surface area contributed by atoms with Crippen LogP contribution >= 0.6 is 23.2 Å². The van der Waals surface area contributed by atoms with Gasteiger partial charge in [0.15, 0.2) is 6.10 Å². The monoisotopic (exact) mass is 496 g/mol. The summed E-state index contributed by atoms with van der Waals surface area (Å²) in [5.41, 5.74) is 0.580. The average molecular weight is 497 g/mol. The highest BCUT2D eigenvalue weighted by Gasteiger charge is 2.20. The molecule has 3 aromatic rings. The summed E-state index contributed by atoms with van der Waals surface area (Å²) >= 11 is 11.9. The molecule has 0 aromatic heterocycles. The summed E-state index contributed by atoms with van der Waals surface area (Å²) in [6.45, 7) is 1.77. The predicted octanol–water partition coefficient (Wildman–Crippen LogP) is 5.73. The van der Waals surface area contributed by atoms with Crippen molar-refractivity contribution >= 4 is 50.5 Å². The van der Waals surface area contributed by atoms with Crippen molar-refractivity contribution in [3.8, 4) is 5.75 Å². The molecule has 1 amide bonds. The van der Waals surface area contributed by atoms with Gasteiger partial charge in [-0.05, 0) is 73.2 Å². The van der Waals surface area contributed by atoms with Crippen molar-refractivity contribution in [2.75, 3.05) is 10.0 Å². The fourth-order valence-corrected chi connectivity index (χ4v) is 4.31. The largest absolute Gasteiger partial charge is 0.481 e. The minimum Gasteiger partial charge on any atom is -0.481 e. The molecule has 0 fully saturated rings. The van der Waals surface area contributed by atoms with E-state index in [0.29, 0.717) is 22.9 Å². The lowest BCUT2D eigenvalue weighted by atomic mass is 10.2. The van der Waals surface area contributed by atoms with Crippen LogP contribution in [0.5, 0.6) is 5.75 Å². The highest BCUT2D eigenvalue weighted by molar-refractivity contribution is 7.92. The number of anilines is 2. The Bertz CT molecular complexity index is 1200. The van der Waals surface area contributed by atoms with Gasteiger partial charge in [-0.25, -0.2) is 12.8 Å². The van der Waals surface area contributed by atoms with Gasteiger partial charge in [0.1, 0.15) is 11.6 Å². The smallest absolute Gasteiger partial charge is 0.265 e. The molecule has 0 bridgehead atoms. The molecule has 0 spiro atoms. The van der Waals surface area contributed by atoms with Gasteiger partial charge in [0.05, 0.1) is 15.6 Å². The molecule has 6 nitrogen and oxygen atoms in total. The molecule has 0 aliphatic carbocycles. The Morgan fingerprint density at radius 3 is 2.28 bits per heavy atom. The van der Waals surface area contributed by atoms with Crippen molar-refractivity contribution in [2.24, 2.45) is 0 Å². The topological polar surface area (TPSA) is 84.5 Å². The Hall–Kier alpha value is -2.81. The van der Waals surface area contributed by atoms with Crippen molar-refractivity contribution in [1.29, 1.82) is 0 Å². The highest BCUT2D eigenvalue weighted by Crippen LogP contribution is 2.28. The van der Waals surface area contributed by atoms with Gasteiger partial charge in [-0.3, -0.25) is 9.52 Å². The zero-order chi connectivity index (χ0) is 23.3. The van der Waals surface area contributed by atoms with Crippen LogP contribution < -0.4 is 14.8 Å². The fourth-order valence-electron chi connectivity index (χ4n) is 2.72. The second-order valence-electron chi connectivity index (χ2n) is 6.71. The van der Waals surface area contributed by atoms with E-state index in [1.54, 1.807) is 6.92 Å². The fraction of sp³-hybridized carbons (Fsp3) is 0.136. The maximum absolute atomic E-state index is 13.0. The summed E-state index contributed by atoms with van der Waals surface area (Å²) in [7, 11) is -3.90. The molecule has 0 aliphatic rings. The number of ether oxygens (including phenoxy) is 1. The molecule has 32 heavy (non-hydrogen) atoms. The first-order valence-electron chi connectivity index (χ1n) is 9.49. The van der Waals surface area contributed by atoms with Crippen molar-refractivity contribution in [1.82, 2.24) is 0 Å². The third-order valence-electron chi connectivity index (χ3n) is 4.36. The zero-order valence-electron chi connectivity index (χ0n) is 16.8. The van der Waals surface area contributed by atoms with E-state index in [9.17, 15) is 17.6 Å². The van der Waals surface area contributed by atoms with Gasteiger partial charge in [0.25, 0.3) is 15.9 Å². The van der Waals surface area contributed by atoms with Crippen molar-refractivity contribution in [3.05, 3.63) is 82.6 Å². The molecular formula is C22H19Cl2FN2O4S. The van der Waals surface area contributed by atoms with Gasteiger partial charge in [-0.2, -0.15) is 0 Å². The number of carbonyl (C=O) groups excluding carboxylic acids is 1. The molecule has 0 aliphatic heterocycles. The minimum absolute atomic E-state index is 0.0175. The number of sulfonamides is 1. The van der Waals surface area contributed by atoms with E-state index in [-0.39, 0.29) is 15.6 Å². The van der Waals surface area contributed by atoms with Gasteiger partial charge in [-0.1, -0.05) is 30.1 Å². The van der Waals surface area contributed by atoms with Crippen molar-refractivity contribution in [3.63, 3.8) is 0 Å². The quantitative estimate of drug-likeness (QED) is 0.417. The number of nitrogens with one attached hydrogen (secondary N) is 2. The Morgan fingerprint density at radius 2 is 1.69 bits per heavy atom. The summed E-state index contributed by atoms with van der Waals surface area (Å²) in [4.78, 5) is 12.5. The number of benzene rings is 3. The van der Waals surface area contributed by atoms with E-state index in [0.717, 1.165) is 0 Å². The molecule has 3 rings (SSSR count). The van der Waals surface area contributed by atoms with Crippen molar-refractivity contribution < 1.29 is 22.3 Å². The molecule has 0 unspecified atom stereocenters. The van der Waals surface area contributed by atoms with E-state index in [4.69, 9.17) is 27.9 Å². The molecule has 0 saturated carbocycles. The maximum atomic E-state index is 13.0. The lowest BCUT2D eigenvalue weighted by Crippen LogP contribution is -2.32. The second kappa shape index (κ2) is 10.2. The van der Waals surface area contributed by atoms with Crippen LogP contribution in [0.4, 0.5) is 15.8 Å². The van der Waals surface area contributed by atoms with Crippen LogP contribution in [-0.4, -0.2) is 20.4 Å². The van der Waals surface area contributed by atoms with E-state index < -0.39 is 27.9 Å². The molecule has 168 valence electrons. The Kier molecular flexibility index (Phi) is 7.60. The Balaban J connectivity index is 1.67. The lowest BCUT2D eigenvalue weighted by molar-refractivity contribution is -0.122. The molecule has 0 radical (unpaired) electrons. The van der Waals surface area contributed by atoms with Crippen LogP contribution in [0.25, 0.3) is 0 Å². The first-order valence-corrected chi connectivity index (χ1v) is 11.7. The molecule has 0 saturated heterocycles. The average Bonchev–Trinajstić information content (AvgIpc) is 2.75. The number of hydrogen-bond donors (Lipinski definition) is 2. The summed E-state index contributed by atoms with van der Waals surface area (Å²) < 4.78 is 46.3. The van der Waals surface area contributed by atoms with Gasteiger partial charge < -0.3 is 10.1 Å². The summed E-state index contributed by atoms with van der Waals surface area (Å²) in [5, 5.41) is 3.22. The van der Waals surface area contributed by atoms with Crippen LogP contribution in [0, 0.1) is 5.82 Å². The normalized spacial score (nSPS) is 12.1. The summed E-state index contributed by atoms with van der Waals surface area (Å²) in [6.07, 6.45) is -0.431. The Morgan fingerprint density at radius 1 is 1.03 bits per heavy atom. The Labute approximate surface area is 195 Å². The molecule has 0 heterocycles. The number of rotatable bonds is 8. The number of halogens is 3. The number of hydrogen-bond acceptors (Lipinski definition) is 4. The first-order chi connectivity index (χ1) is 15.2. The standard InChI is InChI=1S/C22H19Cl2FN2O4S/c1-2-21(31-17-8-4-15(25)5-9-17)22(28)26-16-6-10-18(11-7-16)32(29,30)27-20-12-3-14(23)13-19(20)24/h3-13,21,27H,2H2,1H3,(H,26,28)/t21-/m1/s1. The first kappa shape index (κ1) is 23.8. The van der Waals surface area contributed by atoms with E-state index in [1.807, 2.05) is 0 Å². The van der Waals surface area contributed by atoms with Crippen LogP contribution in [0.1, 0.15) is 13.3 Å². The highest BCUT2D eigenvalue weighted by atomic mass is 35.5. The van der Waals surface area contributed by atoms with Crippen LogP contribution in [0.15, 0.2) is 71.6 Å². The molecule has 1 atom stereocenters. The predicted molar refractivity (Wildman–Crippen MR) is 123 cm³/mol. The summed E-state index contributed by atoms with van der Waals surface area (Å²) in [5.74, 6) is -0.460. The number of amides is 1. The molecule has 2 N–H and O–H groups in total. The third kappa shape index (κ3) is 6.12. The molecular weight excluding hydrogens is 478 g/mol.